The van der Waals surface area contributed by atoms with Gasteiger partial charge in [-0.15, -0.1) is 0 Å². The van der Waals surface area contributed by atoms with Crippen LogP contribution in [-0.4, -0.2) is 18.4 Å². The number of anilines is 1. The Kier molecular flexibility index (Phi) is 3.52. The number of H-pyrrole nitrogens is 1. The first-order valence-corrected chi connectivity index (χ1v) is 7.12. The average Bonchev–Trinajstić information content (AvgIpc) is 2.77. The minimum Gasteiger partial charge on any atom is -0.366 e. The molecular formula is C10H9Cl2N3O2S. The fourth-order valence-electron chi connectivity index (χ4n) is 1.39. The van der Waals surface area contributed by atoms with Crippen LogP contribution in [0.2, 0.25) is 10.3 Å². The van der Waals surface area contributed by atoms with E-state index in [1.165, 1.54) is 24.5 Å². The van der Waals surface area contributed by atoms with Crippen LogP contribution in [0.5, 0.6) is 0 Å². The minimum atomic E-state index is -3.68. The second-order valence-electron chi connectivity index (χ2n) is 3.58. The maximum Gasteiger partial charge on any atom is 0.263 e. The monoisotopic (exact) mass is 305 g/mol. The molecule has 0 saturated heterocycles. The van der Waals surface area contributed by atoms with Gasteiger partial charge in [-0.05, 0) is 24.6 Å². The third-order valence-electron chi connectivity index (χ3n) is 2.26. The summed E-state index contributed by atoms with van der Waals surface area (Å²) in [7, 11) is -3.68. The third kappa shape index (κ3) is 2.60. The minimum absolute atomic E-state index is 0.0131. The SMILES string of the molecule is Cc1cc(Cl)nc(Cl)c1NS(=O)(=O)c1cc[nH]c1. The zero-order chi connectivity index (χ0) is 13.3. The Morgan fingerprint density at radius 2 is 2.11 bits per heavy atom. The topological polar surface area (TPSA) is 74.8 Å². The number of sulfonamides is 1. The summed E-state index contributed by atoms with van der Waals surface area (Å²) < 4.78 is 26.4. The molecule has 0 atom stereocenters. The quantitative estimate of drug-likeness (QED) is 0.856. The normalized spacial score (nSPS) is 11.5. The van der Waals surface area contributed by atoms with Crippen LogP contribution in [0, 0.1) is 6.92 Å². The predicted molar refractivity (Wildman–Crippen MR) is 70.6 cm³/mol. The molecule has 0 aliphatic carbocycles. The van der Waals surface area contributed by atoms with Crippen LogP contribution >= 0.6 is 23.2 Å². The molecule has 0 fully saturated rings. The van der Waals surface area contributed by atoms with Gasteiger partial charge in [-0.2, -0.15) is 0 Å². The Morgan fingerprint density at radius 3 is 2.67 bits per heavy atom. The fourth-order valence-corrected chi connectivity index (χ4v) is 3.14. The molecule has 0 saturated carbocycles. The Balaban J connectivity index is 2.42. The molecule has 5 nitrogen and oxygen atoms in total. The summed E-state index contributed by atoms with van der Waals surface area (Å²) in [6.07, 6.45) is 2.89. The van der Waals surface area contributed by atoms with E-state index in [4.69, 9.17) is 23.2 Å². The molecule has 96 valence electrons. The summed E-state index contributed by atoms with van der Waals surface area (Å²) in [5.41, 5.74) is 0.821. The summed E-state index contributed by atoms with van der Waals surface area (Å²) in [6.45, 7) is 1.69. The van der Waals surface area contributed by atoms with Gasteiger partial charge in [0.1, 0.15) is 10.0 Å². The van der Waals surface area contributed by atoms with E-state index in [9.17, 15) is 8.42 Å². The van der Waals surface area contributed by atoms with Gasteiger partial charge in [0.2, 0.25) is 0 Å². The van der Waals surface area contributed by atoms with E-state index in [-0.39, 0.29) is 20.9 Å². The molecule has 2 aromatic heterocycles. The van der Waals surface area contributed by atoms with E-state index in [2.05, 4.69) is 14.7 Å². The third-order valence-corrected chi connectivity index (χ3v) is 4.07. The van der Waals surface area contributed by atoms with Crippen molar-refractivity contribution in [3.05, 3.63) is 40.4 Å². The molecule has 0 aliphatic heterocycles. The summed E-state index contributed by atoms with van der Waals surface area (Å²) in [4.78, 5) is 6.59. The van der Waals surface area contributed by atoms with Crippen molar-refractivity contribution >= 4 is 38.9 Å². The van der Waals surface area contributed by atoms with Crippen LogP contribution in [0.3, 0.4) is 0 Å². The summed E-state index contributed by atoms with van der Waals surface area (Å²) in [5.74, 6) is 0. The lowest BCUT2D eigenvalue weighted by Gasteiger charge is -2.10. The van der Waals surface area contributed by atoms with Crippen molar-refractivity contribution in [2.75, 3.05) is 4.72 Å². The molecule has 2 rings (SSSR count). The van der Waals surface area contributed by atoms with E-state index in [1.807, 2.05) is 0 Å². The first kappa shape index (κ1) is 13.2. The molecule has 18 heavy (non-hydrogen) atoms. The maximum absolute atomic E-state index is 12.0. The molecule has 0 aromatic carbocycles. The predicted octanol–water partition coefficient (Wildman–Crippen LogP) is 2.83. The van der Waals surface area contributed by atoms with Gasteiger partial charge in [-0.3, -0.25) is 4.72 Å². The van der Waals surface area contributed by atoms with E-state index >= 15 is 0 Å². The Bertz CT molecular complexity index is 645. The highest BCUT2D eigenvalue weighted by molar-refractivity contribution is 7.92. The molecule has 0 unspecified atom stereocenters. The highest BCUT2D eigenvalue weighted by atomic mass is 35.5. The van der Waals surface area contributed by atoms with Crippen molar-refractivity contribution in [2.24, 2.45) is 0 Å². The molecule has 0 amide bonds. The Hall–Kier alpha value is -1.24. The van der Waals surface area contributed by atoms with Crippen LogP contribution in [-0.2, 0) is 10.0 Å². The number of nitrogens with one attached hydrogen (secondary N) is 2. The van der Waals surface area contributed by atoms with E-state index in [0.717, 1.165) is 0 Å². The van der Waals surface area contributed by atoms with Crippen molar-refractivity contribution < 1.29 is 8.42 Å². The van der Waals surface area contributed by atoms with Gasteiger partial charge >= 0.3 is 0 Å². The van der Waals surface area contributed by atoms with Crippen LogP contribution in [0.1, 0.15) is 5.56 Å². The number of pyridine rings is 1. The highest BCUT2D eigenvalue weighted by Crippen LogP contribution is 2.28. The summed E-state index contributed by atoms with van der Waals surface area (Å²) >= 11 is 11.6. The molecular weight excluding hydrogens is 297 g/mol. The van der Waals surface area contributed by atoms with Gasteiger partial charge in [-0.25, -0.2) is 13.4 Å². The van der Waals surface area contributed by atoms with Gasteiger partial charge in [0.15, 0.2) is 5.15 Å². The lowest BCUT2D eigenvalue weighted by Crippen LogP contribution is -2.13. The molecule has 0 radical (unpaired) electrons. The largest absolute Gasteiger partial charge is 0.366 e. The number of aromatic nitrogens is 2. The number of aryl methyl sites for hydroxylation is 1. The number of hydrogen-bond acceptors (Lipinski definition) is 3. The van der Waals surface area contributed by atoms with Gasteiger partial charge < -0.3 is 4.98 Å². The molecule has 2 aromatic rings. The van der Waals surface area contributed by atoms with E-state index in [1.54, 1.807) is 6.92 Å². The van der Waals surface area contributed by atoms with Crippen molar-refractivity contribution in [1.82, 2.24) is 9.97 Å². The van der Waals surface area contributed by atoms with Gasteiger partial charge in [-0.1, -0.05) is 23.2 Å². The molecule has 2 heterocycles. The van der Waals surface area contributed by atoms with Gasteiger partial charge in [0, 0.05) is 12.4 Å². The maximum atomic E-state index is 12.0. The van der Waals surface area contributed by atoms with Gasteiger partial charge in [0.25, 0.3) is 10.0 Å². The zero-order valence-electron chi connectivity index (χ0n) is 9.24. The highest BCUT2D eigenvalue weighted by Gasteiger charge is 2.18. The van der Waals surface area contributed by atoms with Crippen LogP contribution < -0.4 is 4.72 Å². The van der Waals surface area contributed by atoms with Gasteiger partial charge in [0.05, 0.1) is 5.69 Å². The zero-order valence-corrected chi connectivity index (χ0v) is 11.6. The summed E-state index contributed by atoms with van der Waals surface area (Å²) in [6, 6.07) is 2.97. The molecule has 0 aliphatic rings. The first-order chi connectivity index (χ1) is 8.40. The van der Waals surface area contributed by atoms with Crippen LogP contribution in [0.15, 0.2) is 29.4 Å². The smallest absolute Gasteiger partial charge is 0.263 e. The van der Waals surface area contributed by atoms with E-state index < -0.39 is 10.0 Å². The Morgan fingerprint density at radius 1 is 1.39 bits per heavy atom. The second kappa shape index (κ2) is 4.79. The fraction of sp³-hybridized carbons (Fsp3) is 0.100. The summed E-state index contributed by atoms with van der Waals surface area (Å²) in [5, 5.41) is 0.223. The second-order valence-corrected chi connectivity index (χ2v) is 6.01. The van der Waals surface area contributed by atoms with Crippen molar-refractivity contribution in [1.29, 1.82) is 0 Å². The molecule has 8 heteroatoms. The van der Waals surface area contributed by atoms with Crippen LogP contribution in [0.25, 0.3) is 0 Å². The van der Waals surface area contributed by atoms with Crippen molar-refractivity contribution in [3.63, 3.8) is 0 Å². The lowest BCUT2D eigenvalue weighted by molar-refractivity contribution is 0.601. The number of aromatic amines is 1. The number of nitrogens with zero attached hydrogens (tertiary/aromatic N) is 1. The van der Waals surface area contributed by atoms with Crippen molar-refractivity contribution in [2.45, 2.75) is 11.8 Å². The average molecular weight is 306 g/mol. The van der Waals surface area contributed by atoms with Crippen molar-refractivity contribution in [3.8, 4) is 0 Å². The number of hydrogen-bond donors (Lipinski definition) is 2. The number of rotatable bonds is 3. The van der Waals surface area contributed by atoms with Crippen LogP contribution in [0.4, 0.5) is 5.69 Å². The lowest BCUT2D eigenvalue weighted by atomic mass is 10.3. The molecule has 0 spiro atoms. The standard InChI is InChI=1S/C10H9Cl2N3O2S/c1-6-4-8(11)14-10(12)9(6)15-18(16,17)7-2-3-13-5-7/h2-5,13,15H,1H3. The van der Waals surface area contributed by atoms with E-state index in [0.29, 0.717) is 5.56 Å². The molecule has 0 bridgehead atoms. The molecule has 2 N–H and O–H groups in total. The number of halogens is 2. The first-order valence-electron chi connectivity index (χ1n) is 4.88. The Labute approximate surface area is 114 Å².